The van der Waals surface area contributed by atoms with Crippen LogP contribution in [0.3, 0.4) is 0 Å². The first kappa shape index (κ1) is 18.9. The van der Waals surface area contributed by atoms with Crippen LogP contribution in [0, 0.1) is 13.7 Å². The molecule has 0 spiro atoms. The number of thiazole rings is 1. The molecule has 0 bridgehead atoms. The van der Waals surface area contributed by atoms with E-state index in [4.69, 9.17) is 23.8 Å². The SMILES string of the molecule is O=C(NC(=S)Nc1nc2ccc([N+](=O)[O-])cc2s1)c1cc(I)ccc1Cl. The summed E-state index contributed by atoms with van der Waals surface area (Å²) in [7, 11) is 0. The molecular formula is C15H8ClIN4O3S2. The minimum atomic E-state index is -0.470. The number of hydrogen-bond acceptors (Lipinski definition) is 6. The van der Waals surface area contributed by atoms with Gasteiger partial charge in [0.05, 0.1) is 25.7 Å². The zero-order valence-electron chi connectivity index (χ0n) is 12.7. The Hall–Kier alpha value is -1.89. The summed E-state index contributed by atoms with van der Waals surface area (Å²) in [6.07, 6.45) is 0. The van der Waals surface area contributed by atoms with Gasteiger partial charge in [-0.25, -0.2) is 4.98 Å². The molecule has 0 radical (unpaired) electrons. The number of amides is 1. The van der Waals surface area contributed by atoms with E-state index in [1.165, 1.54) is 23.5 Å². The predicted molar refractivity (Wildman–Crippen MR) is 114 cm³/mol. The van der Waals surface area contributed by atoms with Crippen LogP contribution in [0.15, 0.2) is 36.4 Å². The molecule has 132 valence electrons. The first-order valence-electron chi connectivity index (χ1n) is 6.96. The molecule has 7 nitrogen and oxygen atoms in total. The molecule has 0 aliphatic heterocycles. The molecule has 2 N–H and O–H groups in total. The number of aromatic nitrogens is 1. The minimum Gasteiger partial charge on any atom is -0.308 e. The lowest BCUT2D eigenvalue weighted by Crippen LogP contribution is -2.34. The molecule has 1 amide bonds. The van der Waals surface area contributed by atoms with E-state index in [-0.39, 0.29) is 10.8 Å². The van der Waals surface area contributed by atoms with Gasteiger partial charge in [-0.1, -0.05) is 22.9 Å². The number of anilines is 1. The van der Waals surface area contributed by atoms with Crippen LogP contribution in [0.25, 0.3) is 10.2 Å². The number of thiocarbonyl (C=S) groups is 1. The topological polar surface area (TPSA) is 97.2 Å². The van der Waals surface area contributed by atoms with E-state index in [0.29, 0.717) is 25.9 Å². The van der Waals surface area contributed by atoms with Crippen molar-refractivity contribution in [3.8, 4) is 0 Å². The monoisotopic (exact) mass is 518 g/mol. The average molecular weight is 519 g/mol. The molecule has 3 aromatic rings. The Labute approximate surface area is 175 Å². The van der Waals surface area contributed by atoms with Gasteiger partial charge in [0.2, 0.25) is 0 Å². The van der Waals surface area contributed by atoms with Crippen LogP contribution in [-0.2, 0) is 0 Å². The highest BCUT2D eigenvalue weighted by Gasteiger charge is 2.14. The predicted octanol–water partition coefficient (Wildman–Crippen LogP) is 4.59. The van der Waals surface area contributed by atoms with Crippen LogP contribution >= 0.6 is 57.7 Å². The van der Waals surface area contributed by atoms with E-state index in [1.54, 1.807) is 24.3 Å². The van der Waals surface area contributed by atoms with Crippen molar-refractivity contribution >= 4 is 89.8 Å². The summed E-state index contributed by atoms with van der Waals surface area (Å²) in [6.45, 7) is 0. The van der Waals surface area contributed by atoms with E-state index >= 15 is 0 Å². The van der Waals surface area contributed by atoms with Gasteiger partial charge >= 0.3 is 0 Å². The molecule has 3 rings (SSSR count). The summed E-state index contributed by atoms with van der Waals surface area (Å²) in [5, 5.41) is 17.0. The Balaban J connectivity index is 1.73. The second-order valence-electron chi connectivity index (χ2n) is 4.96. The highest BCUT2D eigenvalue weighted by Crippen LogP contribution is 2.29. The minimum absolute atomic E-state index is 0.0168. The molecule has 2 aromatic carbocycles. The maximum atomic E-state index is 12.3. The quantitative estimate of drug-likeness (QED) is 0.228. The number of nitrogens with zero attached hydrogens (tertiary/aromatic N) is 2. The van der Waals surface area contributed by atoms with Crippen LogP contribution in [0.4, 0.5) is 10.8 Å². The number of nitro groups is 1. The van der Waals surface area contributed by atoms with Gasteiger partial charge in [0.25, 0.3) is 11.6 Å². The number of fused-ring (bicyclic) bond motifs is 1. The van der Waals surface area contributed by atoms with Gasteiger partial charge in [0, 0.05) is 15.7 Å². The second kappa shape index (κ2) is 7.78. The summed E-state index contributed by atoms with van der Waals surface area (Å²) < 4.78 is 1.50. The van der Waals surface area contributed by atoms with Gasteiger partial charge in [-0.3, -0.25) is 20.2 Å². The molecule has 0 unspecified atom stereocenters. The molecule has 0 saturated heterocycles. The summed E-state index contributed by atoms with van der Waals surface area (Å²) in [5.41, 5.74) is 0.887. The summed E-state index contributed by atoms with van der Waals surface area (Å²) >= 11 is 14.4. The van der Waals surface area contributed by atoms with Crippen molar-refractivity contribution in [2.75, 3.05) is 5.32 Å². The standard InChI is InChI=1S/C15H8ClIN4O3S2/c16-10-3-1-7(17)5-9(10)13(22)19-14(25)20-15-18-11-4-2-8(21(23)24)6-12(11)26-15/h1-6H,(H2,18,19,20,22,25). The van der Waals surface area contributed by atoms with Crippen LogP contribution in [0.5, 0.6) is 0 Å². The summed E-state index contributed by atoms with van der Waals surface area (Å²) in [4.78, 5) is 26.9. The molecule has 0 aliphatic rings. The number of nitro benzene ring substituents is 1. The van der Waals surface area contributed by atoms with Crippen LogP contribution < -0.4 is 10.6 Å². The molecule has 26 heavy (non-hydrogen) atoms. The third-order valence-corrected chi connectivity index (χ3v) is 5.34. The largest absolute Gasteiger partial charge is 0.308 e. The summed E-state index contributed by atoms with van der Waals surface area (Å²) in [5.74, 6) is -0.442. The lowest BCUT2D eigenvalue weighted by Gasteiger charge is -2.08. The Bertz CT molecular complexity index is 1060. The van der Waals surface area contributed by atoms with E-state index in [9.17, 15) is 14.9 Å². The molecule has 0 aliphatic carbocycles. The van der Waals surface area contributed by atoms with Crippen LogP contribution in [-0.4, -0.2) is 20.9 Å². The lowest BCUT2D eigenvalue weighted by molar-refractivity contribution is -0.384. The van der Waals surface area contributed by atoms with E-state index in [2.05, 4.69) is 38.2 Å². The highest BCUT2D eigenvalue weighted by atomic mass is 127. The van der Waals surface area contributed by atoms with Crippen molar-refractivity contribution in [3.63, 3.8) is 0 Å². The molecule has 1 aromatic heterocycles. The normalized spacial score (nSPS) is 10.5. The summed E-state index contributed by atoms with van der Waals surface area (Å²) in [6, 6.07) is 9.45. The molecule has 0 saturated carbocycles. The third-order valence-electron chi connectivity index (χ3n) is 3.20. The first-order chi connectivity index (χ1) is 12.3. The molecule has 0 atom stereocenters. The number of halogens is 2. The molecule has 11 heteroatoms. The first-order valence-corrected chi connectivity index (χ1v) is 9.64. The second-order valence-corrected chi connectivity index (χ2v) is 8.05. The van der Waals surface area contributed by atoms with Crippen molar-refractivity contribution in [2.45, 2.75) is 0 Å². The zero-order chi connectivity index (χ0) is 18.8. The Kier molecular flexibility index (Phi) is 5.65. The Morgan fingerprint density at radius 1 is 1.31 bits per heavy atom. The maximum Gasteiger partial charge on any atom is 0.270 e. The van der Waals surface area contributed by atoms with Crippen molar-refractivity contribution in [3.05, 3.63) is 60.7 Å². The van der Waals surface area contributed by atoms with Crippen LogP contribution in [0.2, 0.25) is 5.02 Å². The number of carbonyl (C=O) groups excluding carboxylic acids is 1. The lowest BCUT2D eigenvalue weighted by atomic mass is 10.2. The van der Waals surface area contributed by atoms with Crippen molar-refractivity contribution < 1.29 is 9.72 Å². The number of benzene rings is 2. The highest BCUT2D eigenvalue weighted by molar-refractivity contribution is 14.1. The number of non-ortho nitro benzene ring substituents is 1. The van der Waals surface area contributed by atoms with Gasteiger partial charge in [0.15, 0.2) is 10.2 Å². The van der Waals surface area contributed by atoms with E-state index < -0.39 is 10.8 Å². The number of carbonyl (C=O) groups is 1. The van der Waals surface area contributed by atoms with Crippen molar-refractivity contribution in [1.82, 2.24) is 10.3 Å². The number of hydrogen-bond donors (Lipinski definition) is 2. The fraction of sp³-hybridized carbons (Fsp3) is 0. The zero-order valence-corrected chi connectivity index (χ0v) is 17.2. The van der Waals surface area contributed by atoms with Gasteiger partial charge in [-0.2, -0.15) is 0 Å². The van der Waals surface area contributed by atoms with Crippen molar-refractivity contribution in [2.24, 2.45) is 0 Å². The van der Waals surface area contributed by atoms with Crippen molar-refractivity contribution in [1.29, 1.82) is 0 Å². The number of rotatable bonds is 3. The maximum absolute atomic E-state index is 12.3. The van der Waals surface area contributed by atoms with E-state index in [0.717, 1.165) is 3.57 Å². The van der Waals surface area contributed by atoms with Gasteiger partial charge in [-0.15, -0.1) is 0 Å². The molecular weight excluding hydrogens is 511 g/mol. The van der Waals surface area contributed by atoms with Gasteiger partial charge in [-0.05, 0) is 59.1 Å². The Morgan fingerprint density at radius 2 is 2.08 bits per heavy atom. The fourth-order valence-corrected chi connectivity index (χ4v) is 3.90. The number of nitrogens with one attached hydrogen (secondary N) is 2. The van der Waals surface area contributed by atoms with Crippen LogP contribution in [0.1, 0.15) is 10.4 Å². The Morgan fingerprint density at radius 3 is 2.81 bits per heavy atom. The van der Waals surface area contributed by atoms with Gasteiger partial charge in [0.1, 0.15) is 0 Å². The molecule has 0 fully saturated rings. The molecule has 1 heterocycles. The fourth-order valence-electron chi connectivity index (χ4n) is 2.05. The van der Waals surface area contributed by atoms with Gasteiger partial charge < -0.3 is 5.32 Å². The third kappa shape index (κ3) is 4.26. The smallest absolute Gasteiger partial charge is 0.270 e. The van der Waals surface area contributed by atoms with E-state index in [1.807, 2.05) is 0 Å². The average Bonchev–Trinajstić information content (AvgIpc) is 2.97.